The molecular formula is C11H20N2O. The molecule has 1 saturated carbocycles. The van der Waals surface area contributed by atoms with E-state index in [4.69, 9.17) is 0 Å². The standard InChI is InChI=1S/C11H20N2O/c1-12-6-8-13(9-7-12)11(10-14)4-2-3-5-11/h10H,2-9H2,1H3. The summed E-state index contributed by atoms with van der Waals surface area (Å²) in [5.41, 5.74) is -0.0821. The molecule has 1 aliphatic heterocycles. The molecule has 0 bridgehead atoms. The van der Waals surface area contributed by atoms with E-state index in [1.807, 2.05) is 0 Å². The molecule has 1 heterocycles. The third-order valence-electron chi connectivity index (χ3n) is 3.82. The second-order valence-corrected chi connectivity index (χ2v) is 4.72. The van der Waals surface area contributed by atoms with Gasteiger partial charge in [-0.25, -0.2) is 0 Å². The van der Waals surface area contributed by atoms with Gasteiger partial charge in [-0.3, -0.25) is 4.90 Å². The predicted molar refractivity (Wildman–Crippen MR) is 56.3 cm³/mol. The fourth-order valence-corrected chi connectivity index (χ4v) is 2.75. The van der Waals surface area contributed by atoms with Crippen LogP contribution in [0, 0.1) is 0 Å². The van der Waals surface area contributed by atoms with Crippen LogP contribution in [0.4, 0.5) is 0 Å². The molecule has 2 aliphatic rings. The summed E-state index contributed by atoms with van der Waals surface area (Å²) in [6, 6.07) is 0. The second kappa shape index (κ2) is 3.99. The SMILES string of the molecule is CN1CCN(C2(C=O)CCCC2)CC1. The molecule has 1 saturated heterocycles. The quantitative estimate of drug-likeness (QED) is 0.609. The summed E-state index contributed by atoms with van der Waals surface area (Å²) in [6.45, 7) is 4.34. The third-order valence-corrected chi connectivity index (χ3v) is 3.82. The van der Waals surface area contributed by atoms with Crippen molar-refractivity contribution in [3.05, 3.63) is 0 Å². The van der Waals surface area contributed by atoms with Crippen LogP contribution < -0.4 is 0 Å². The minimum absolute atomic E-state index is 0.0821. The van der Waals surface area contributed by atoms with Gasteiger partial charge in [0, 0.05) is 26.2 Å². The van der Waals surface area contributed by atoms with Crippen molar-refractivity contribution in [3.63, 3.8) is 0 Å². The highest BCUT2D eigenvalue weighted by Gasteiger charge is 2.40. The van der Waals surface area contributed by atoms with Gasteiger partial charge in [-0.15, -0.1) is 0 Å². The van der Waals surface area contributed by atoms with E-state index in [2.05, 4.69) is 16.8 Å². The maximum Gasteiger partial charge on any atom is 0.140 e. The maximum absolute atomic E-state index is 11.3. The molecule has 0 unspecified atom stereocenters. The average Bonchev–Trinajstić information content (AvgIpc) is 2.68. The highest BCUT2D eigenvalue weighted by molar-refractivity contribution is 5.65. The first kappa shape index (κ1) is 10.1. The van der Waals surface area contributed by atoms with Gasteiger partial charge in [0.05, 0.1) is 5.54 Å². The van der Waals surface area contributed by atoms with Crippen molar-refractivity contribution < 1.29 is 4.79 Å². The van der Waals surface area contributed by atoms with Crippen molar-refractivity contribution in [2.24, 2.45) is 0 Å². The number of hydrogen-bond donors (Lipinski definition) is 0. The van der Waals surface area contributed by atoms with E-state index >= 15 is 0 Å². The summed E-state index contributed by atoms with van der Waals surface area (Å²) >= 11 is 0. The normalized spacial score (nSPS) is 29.2. The highest BCUT2D eigenvalue weighted by Crippen LogP contribution is 2.33. The minimum Gasteiger partial charge on any atom is -0.304 e. The van der Waals surface area contributed by atoms with Crippen molar-refractivity contribution in [3.8, 4) is 0 Å². The van der Waals surface area contributed by atoms with Crippen molar-refractivity contribution in [2.75, 3.05) is 33.2 Å². The molecule has 0 N–H and O–H groups in total. The Bertz CT molecular complexity index is 203. The molecule has 0 amide bonds. The summed E-state index contributed by atoms with van der Waals surface area (Å²) in [7, 11) is 2.15. The Kier molecular flexibility index (Phi) is 2.88. The lowest BCUT2D eigenvalue weighted by molar-refractivity contribution is -0.119. The van der Waals surface area contributed by atoms with Crippen LogP contribution in [-0.4, -0.2) is 54.9 Å². The minimum atomic E-state index is -0.0821. The Morgan fingerprint density at radius 3 is 2.14 bits per heavy atom. The summed E-state index contributed by atoms with van der Waals surface area (Å²) in [5.74, 6) is 0. The molecule has 0 atom stereocenters. The Morgan fingerprint density at radius 2 is 1.64 bits per heavy atom. The van der Waals surface area contributed by atoms with Crippen molar-refractivity contribution in [2.45, 2.75) is 31.2 Å². The van der Waals surface area contributed by atoms with Gasteiger partial charge in [-0.1, -0.05) is 12.8 Å². The van der Waals surface area contributed by atoms with Crippen LogP contribution in [0.25, 0.3) is 0 Å². The molecule has 2 rings (SSSR count). The molecule has 1 aliphatic carbocycles. The number of hydrogen-bond acceptors (Lipinski definition) is 3. The number of carbonyl (C=O) groups excluding carboxylic acids is 1. The molecule has 0 radical (unpaired) electrons. The van der Waals surface area contributed by atoms with Gasteiger partial charge in [0.15, 0.2) is 0 Å². The van der Waals surface area contributed by atoms with Crippen LogP contribution in [0.2, 0.25) is 0 Å². The Morgan fingerprint density at radius 1 is 1.07 bits per heavy atom. The van der Waals surface area contributed by atoms with E-state index < -0.39 is 0 Å². The van der Waals surface area contributed by atoms with E-state index in [1.54, 1.807) is 0 Å². The number of piperazine rings is 1. The molecule has 0 aromatic carbocycles. The van der Waals surface area contributed by atoms with Gasteiger partial charge >= 0.3 is 0 Å². The van der Waals surface area contributed by atoms with Crippen LogP contribution in [0.5, 0.6) is 0 Å². The largest absolute Gasteiger partial charge is 0.304 e. The van der Waals surface area contributed by atoms with Crippen LogP contribution in [0.1, 0.15) is 25.7 Å². The topological polar surface area (TPSA) is 23.6 Å². The smallest absolute Gasteiger partial charge is 0.140 e. The molecular weight excluding hydrogens is 176 g/mol. The highest BCUT2D eigenvalue weighted by atomic mass is 16.1. The fraction of sp³-hybridized carbons (Fsp3) is 0.909. The van der Waals surface area contributed by atoms with E-state index in [9.17, 15) is 4.79 Å². The third kappa shape index (κ3) is 1.71. The Labute approximate surface area is 86.1 Å². The van der Waals surface area contributed by atoms with Crippen molar-refractivity contribution >= 4 is 6.29 Å². The van der Waals surface area contributed by atoms with Crippen molar-refractivity contribution in [1.82, 2.24) is 9.80 Å². The number of nitrogens with zero attached hydrogens (tertiary/aromatic N) is 2. The van der Waals surface area contributed by atoms with Gasteiger partial charge in [-0.05, 0) is 19.9 Å². The summed E-state index contributed by atoms with van der Waals surface area (Å²) in [5, 5.41) is 0. The molecule has 3 nitrogen and oxygen atoms in total. The zero-order chi connectivity index (χ0) is 10.0. The van der Waals surface area contributed by atoms with Crippen molar-refractivity contribution in [1.29, 1.82) is 0 Å². The average molecular weight is 196 g/mol. The van der Waals surface area contributed by atoms with E-state index in [0.717, 1.165) is 39.0 Å². The Hall–Kier alpha value is -0.410. The predicted octanol–water partition coefficient (Wildman–Crippen LogP) is 0.745. The molecule has 0 aromatic rings. The molecule has 0 aromatic heterocycles. The molecule has 2 fully saturated rings. The molecule has 0 spiro atoms. The first-order valence-corrected chi connectivity index (χ1v) is 5.67. The Balaban J connectivity index is 2.01. The number of rotatable bonds is 2. The maximum atomic E-state index is 11.3. The van der Waals surface area contributed by atoms with Crippen LogP contribution in [0.3, 0.4) is 0 Å². The second-order valence-electron chi connectivity index (χ2n) is 4.72. The fourth-order valence-electron chi connectivity index (χ4n) is 2.75. The first-order chi connectivity index (χ1) is 6.77. The molecule has 80 valence electrons. The van der Waals surface area contributed by atoms with Gasteiger partial charge < -0.3 is 9.69 Å². The van der Waals surface area contributed by atoms with Gasteiger partial charge in [0.25, 0.3) is 0 Å². The van der Waals surface area contributed by atoms with Gasteiger partial charge in [0.1, 0.15) is 6.29 Å². The number of carbonyl (C=O) groups is 1. The zero-order valence-electron chi connectivity index (χ0n) is 9.04. The molecule has 3 heteroatoms. The molecule has 14 heavy (non-hydrogen) atoms. The lowest BCUT2D eigenvalue weighted by Gasteiger charge is -2.42. The van der Waals surface area contributed by atoms with Gasteiger partial charge in [0.2, 0.25) is 0 Å². The monoisotopic (exact) mass is 196 g/mol. The van der Waals surface area contributed by atoms with Crippen LogP contribution in [0.15, 0.2) is 0 Å². The number of aldehydes is 1. The number of likely N-dealkylation sites (N-methyl/N-ethyl adjacent to an activating group) is 1. The summed E-state index contributed by atoms with van der Waals surface area (Å²) in [4.78, 5) is 16.0. The lowest BCUT2D eigenvalue weighted by atomic mass is 9.96. The first-order valence-electron chi connectivity index (χ1n) is 5.67. The zero-order valence-corrected chi connectivity index (χ0v) is 9.04. The van der Waals surface area contributed by atoms with Crippen LogP contribution in [-0.2, 0) is 4.79 Å². The van der Waals surface area contributed by atoms with Gasteiger partial charge in [-0.2, -0.15) is 0 Å². The van der Waals surface area contributed by atoms with E-state index in [0.29, 0.717) is 0 Å². The van der Waals surface area contributed by atoms with E-state index in [1.165, 1.54) is 19.1 Å². The van der Waals surface area contributed by atoms with Crippen LogP contribution >= 0.6 is 0 Å². The summed E-state index contributed by atoms with van der Waals surface area (Å²) < 4.78 is 0. The summed E-state index contributed by atoms with van der Waals surface area (Å²) in [6.07, 6.45) is 5.84. The lowest BCUT2D eigenvalue weighted by Crippen LogP contribution is -2.56. The van der Waals surface area contributed by atoms with E-state index in [-0.39, 0.29) is 5.54 Å².